The minimum absolute atomic E-state index is 0. The molecule has 0 radical (unpaired) electrons. The molecule has 1 aliphatic heterocycles. The van der Waals surface area contributed by atoms with Crippen LogP contribution in [0.5, 0.6) is 0 Å². The standard InChI is InChI=1S/C11H17N3O.ClH/c15-11(10-4-2-6-14-10)8-12-7-9-3-1-5-13-9;/h2,4,6,9,12-14H,1,3,5,7-8H2;1H. The van der Waals surface area contributed by atoms with Crippen molar-refractivity contribution in [3.8, 4) is 0 Å². The van der Waals surface area contributed by atoms with E-state index in [-0.39, 0.29) is 18.2 Å². The third-order valence-electron chi connectivity index (χ3n) is 2.74. The number of aromatic nitrogens is 1. The van der Waals surface area contributed by atoms with Crippen molar-refractivity contribution in [2.24, 2.45) is 0 Å². The molecule has 1 aromatic rings. The van der Waals surface area contributed by atoms with E-state index in [2.05, 4.69) is 15.6 Å². The number of ketones is 1. The highest BCUT2D eigenvalue weighted by atomic mass is 35.5. The predicted molar refractivity (Wildman–Crippen MR) is 66.3 cm³/mol. The van der Waals surface area contributed by atoms with E-state index in [9.17, 15) is 4.79 Å². The average Bonchev–Trinajstić information content (AvgIpc) is 2.90. The van der Waals surface area contributed by atoms with E-state index in [4.69, 9.17) is 0 Å². The van der Waals surface area contributed by atoms with E-state index in [1.165, 1.54) is 12.8 Å². The number of Topliss-reactive ketones (excluding diaryl/α,β-unsaturated/α-hetero) is 1. The third-order valence-corrected chi connectivity index (χ3v) is 2.74. The van der Waals surface area contributed by atoms with Crippen LogP contribution in [-0.4, -0.2) is 36.4 Å². The van der Waals surface area contributed by atoms with Crippen LogP contribution in [0.2, 0.25) is 0 Å². The average molecular weight is 244 g/mol. The van der Waals surface area contributed by atoms with Gasteiger partial charge in [0.25, 0.3) is 0 Å². The molecule has 0 saturated carbocycles. The smallest absolute Gasteiger partial charge is 0.192 e. The van der Waals surface area contributed by atoms with Gasteiger partial charge in [-0.2, -0.15) is 0 Å². The van der Waals surface area contributed by atoms with Crippen LogP contribution in [0.25, 0.3) is 0 Å². The van der Waals surface area contributed by atoms with E-state index in [1.807, 2.05) is 6.07 Å². The summed E-state index contributed by atoms with van der Waals surface area (Å²) in [6.45, 7) is 2.40. The largest absolute Gasteiger partial charge is 0.359 e. The number of nitrogens with one attached hydrogen (secondary N) is 3. The Kier molecular flexibility index (Phi) is 5.52. The van der Waals surface area contributed by atoms with Gasteiger partial charge in [-0.3, -0.25) is 4.79 Å². The molecule has 2 heterocycles. The van der Waals surface area contributed by atoms with Gasteiger partial charge in [-0.15, -0.1) is 12.4 Å². The molecule has 3 N–H and O–H groups in total. The lowest BCUT2D eigenvalue weighted by atomic mass is 10.2. The van der Waals surface area contributed by atoms with Gasteiger partial charge in [-0.25, -0.2) is 0 Å². The van der Waals surface area contributed by atoms with Crippen molar-refractivity contribution in [3.05, 3.63) is 24.0 Å². The van der Waals surface area contributed by atoms with E-state index in [1.54, 1.807) is 12.3 Å². The van der Waals surface area contributed by atoms with Crippen molar-refractivity contribution in [2.45, 2.75) is 18.9 Å². The fourth-order valence-corrected chi connectivity index (χ4v) is 1.89. The quantitative estimate of drug-likeness (QED) is 0.676. The molecule has 1 fully saturated rings. The molecule has 5 heteroatoms. The van der Waals surface area contributed by atoms with Gasteiger partial charge in [-0.05, 0) is 31.5 Å². The van der Waals surface area contributed by atoms with Crippen LogP contribution in [0.15, 0.2) is 18.3 Å². The van der Waals surface area contributed by atoms with Crippen LogP contribution in [-0.2, 0) is 0 Å². The number of carbonyl (C=O) groups excluding carboxylic acids is 1. The molecule has 1 saturated heterocycles. The van der Waals surface area contributed by atoms with Gasteiger partial charge >= 0.3 is 0 Å². The van der Waals surface area contributed by atoms with Gasteiger partial charge in [0, 0.05) is 18.8 Å². The summed E-state index contributed by atoms with van der Waals surface area (Å²) in [7, 11) is 0. The minimum atomic E-state index is 0. The number of carbonyl (C=O) groups is 1. The van der Waals surface area contributed by atoms with Crippen LogP contribution in [0.3, 0.4) is 0 Å². The molecule has 0 aliphatic carbocycles. The fraction of sp³-hybridized carbons (Fsp3) is 0.545. The molecule has 1 aromatic heterocycles. The second kappa shape index (κ2) is 6.68. The molecule has 0 spiro atoms. The van der Waals surface area contributed by atoms with Crippen molar-refractivity contribution in [1.29, 1.82) is 0 Å². The van der Waals surface area contributed by atoms with Crippen LogP contribution in [0, 0.1) is 0 Å². The Morgan fingerprint density at radius 3 is 3.06 bits per heavy atom. The maximum Gasteiger partial charge on any atom is 0.192 e. The molecular weight excluding hydrogens is 226 g/mol. The Labute approximate surface area is 102 Å². The van der Waals surface area contributed by atoms with E-state index in [0.717, 1.165) is 13.1 Å². The Balaban J connectivity index is 0.00000128. The van der Waals surface area contributed by atoms with Crippen LogP contribution in [0.1, 0.15) is 23.3 Å². The molecule has 16 heavy (non-hydrogen) atoms. The van der Waals surface area contributed by atoms with Crippen LogP contribution >= 0.6 is 12.4 Å². The predicted octanol–water partition coefficient (Wildman–Crippen LogP) is 0.961. The maximum atomic E-state index is 11.6. The first-order valence-electron chi connectivity index (χ1n) is 5.47. The lowest BCUT2D eigenvalue weighted by Crippen LogP contribution is -2.36. The van der Waals surface area contributed by atoms with Gasteiger partial charge < -0.3 is 15.6 Å². The van der Waals surface area contributed by atoms with Crippen molar-refractivity contribution in [3.63, 3.8) is 0 Å². The first-order chi connectivity index (χ1) is 7.36. The van der Waals surface area contributed by atoms with Gasteiger partial charge in [0.1, 0.15) is 0 Å². The third kappa shape index (κ3) is 3.63. The number of hydrogen-bond donors (Lipinski definition) is 3. The van der Waals surface area contributed by atoms with Gasteiger partial charge in [0.15, 0.2) is 5.78 Å². The first-order valence-corrected chi connectivity index (χ1v) is 5.47. The Morgan fingerprint density at radius 1 is 1.56 bits per heavy atom. The van der Waals surface area contributed by atoms with Crippen molar-refractivity contribution in [1.82, 2.24) is 15.6 Å². The molecule has 1 unspecified atom stereocenters. The van der Waals surface area contributed by atoms with Gasteiger partial charge in [0.2, 0.25) is 0 Å². The van der Waals surface area contributed by atoms with E-state index in [0.29, 0.717) is 18.3 Å². The maximum absolute atomic E-state index is 11.6. The molecule has 0 amide bonds. The molecule has 2 rings (SSSR count). The summed E-state index contributed by atoms with van der Waals surface area (Å²) in [6, 6.07) is 4.19. The Morgan fingerprint density at radius 2 is 2.44 bits per heavy atom. The summed E-state index contributed by atoms with van der Waals surface area (Å²) in [5, 5.41) is 6.57. The first kappa shape index (κ1) is 13.2. The van der Waals surface area contributed by atoms with E-state index >= 15 is 0 Å². The summed E-state index contributed by atoms with van der Waals surface area (Å²) in [4.78, 5) is 14.5. The van der Waals surface area contributed by atoms with Crippen molar-refractivity contribution in [2.75, 3.05) is 19.6 Å². The highest BCUT2D eigenvalue weighted by Gasteiger charge is 2.13. The highest BCUT2D eigenvalue weighted by Crippen LogP contribution is 2.03. The molecular formula is C11H18ClN3O. The number of hydrogen-bond acceptors (Lipinski definition) is 3. The number of aromatic amines is 1. The molecule has 0 bridgehead atoms. The van der Waals surface area contributed by atoms with Gasteiger partial charge in [0.05, 0.1) is 12.2 Å². The van der Waals surface area contributed by atoms with Crippen molar-refractivity contribution >= 4 is 18.2 Å². The second-order valence-electron chi connectivity index (χ2n) is 3.93. The monoisotopic (exact) mass is 243 g/mol. The summed E-state index contributed by atoms with van der Waals surface area (Å²) < 4.78 is 0. The van der Waals surface area contributed by atoms with Gasteiger partial charge in [-0.1, -0.05) is 0 Å². The molecule has 0 aromatic carbocycles. The number of H-pyrrole nitrogens is 1. The molecule has 4 nitrogen and oxygen atoms in total. The van der Waals surface area contributed by atoms with E-state index < -0.39 is 0 Å². The number of rotatable bonds is 5. The van der Waals surface area contributed by atoms with Crippen LogP contribution in [0.4, 0.5) is 0 Å². The summed E-state index contributed by atoms with van der Waals surface area (Å²) in [5.41, 5.74) is 0.682. The Bertz CT molecular complexity index is 307. The number of halogens is 1. The molecule has 1 aliphatic rings. The summed E-state index contributed by atoms with van der Waals surface area (Å²) in [5.74, 6) is 0.123. The highest BCUT2D eigenvalue weighted by molar-refractivity contribution is 5.95. The summed E-state index contributed by atoms with van der Waals surface area (Å²) in [6.07, 6.45) is 4.23. The Hall–Kier alpha value is -0.840. The normalized spacial score (nSPS) is 19.4. The zero-order valence-corrected chi connectivity index (χ0v) is 9.98. The fourth-order valence-electron chi connectivity index (χ4n) is 1.89. The zero-order chi connectivity index (χ0) is 10.5. The molecule has 90 valence electrons. The lowest BCUT2D eigenvalue weighted by Gasteiger charge is -2.10. The van der Waals surface area contributed by atoms with Crippen LogP contribution < -0.4 is 10.6 Å². The molecule has 1 atom stereocenters. The second-order valence-corrected chi connectivity index (χ2v) is 3.93. The lowest BCUT2D eigenvalue weighted by molar-refractivity contribution is 0.0986. The minimum Gasteiger partial charge on any atom is -0.359 e. The van der Waals surface area contributed by atoms with Crippen molar-refractivity contribution < 1.29 is 4.79 Å². The topological polar surface area (TPSA) is 56.9 Å². The zero-order valence-electron chi connectivity index (χ0n) is 9.16. The summed E-state index contributed by atoms with van der Waals surface area (Å²) >= 11 is 0. The SMILES string of the molecule is Cl.O=C(CNCC1CCCN1)c1ccc[nH]1.